The topological polar surface area (TPSA) is 32.7 Å². The van der Waals surface area contributed by atoms with Gasteiger partial charge in [-0.05, 0) is 29.8 Å². The van der Waals surface area contributed by atoms with Crippen molar-refractivity contribution in [3.05, 3.63) is 71.3 Å². The third-order valence-corrected chi connectivity index (χ3v) is 3.65. The predicted molar refractivity (Wildman–Crippen MR) is 79.2 cm³/mol. The molecule has 2 aromatic rings. The van der Waals surface area contributed by atoms with Crippen molar-refractivity contribution >= 4 is 11.6 Å². The summed E-state index contributed by atoms with van der Waals surface area (Å²) in [6.45, 7) is 1.43. The molecule has 0 radical (unpaired) electrons. The number of rotatable bonds is 2. The van der Waals surface area contributed by atoms with Crippen molar-refractivity contribution in [3.63, 3.8) is 0 Å². The van der Waals surface area contributed by atoms with Crippen LogP contribution in [0.2, 0.25) is 0 Å². The molecular weight excluding hydrogens is 286 g/mol. The number of hydrazone groups is 1. The van der Waals surface area contributed by atoms with Crippen LogP contribution in [0.5, 0.6) is 0 Å². The SMILES string of the molecule is CC(=O)N1N=C(c2cccc(F)c2)CC1c1ccc(F)cc1. The van der Waals surface area contributed by atoms with E-state index in [0.29, 0.717) is 17.7 Å². The van der Waals surface area contributed by atoms with E-state index < -0.39 is 0 Å². The molecule has 0 spiro atoms. The van der Waals surface area contributed by atoms with E-state index in [-0.39, 0.29) is 23.6 Å². The Labute approximate surface area is 126 Å². The molecule has 0 N–H and O–H groups in total. The van der Waals surface area contributed by atoms with Crippen molar-refractivity contribution in [2.75, 3.05) is 0 Å². The number of hydrogen-bond donors (Lipinski definition) is 0. The van der Waals surface area contributed by atoms with Crippen molar-refractivity contribution in [2.24, 2.45) is 5.10 Å². The van der Waals surface area contributed by atoms with Crippen molar-refractivity contribution in [3.8, 4) is 0 Å². The lowest BCUT2D eigenvalue weighted by Crippen LogP contribution is -2.24. The lowest BCUT2D eigenvalue weighted by atomic mass is 9.98. The zero-order valence-electron chi connectivity index (χ0n) is 12.0. The van der Waals surface area contributed by atoms with Crippen LogP contribution in [-0.4, -0.2) is 16.6 Å². The third kappa shape index (κ3) is 2.74. The summed E-state index contributed by atoms with van der Waals surface area (Å²) in [6, 6.07) is 11.8. The second kappa shape index (κ2) is 5.67. The maximum atomic E-state index is 13.4. The molecule has 1 amide bonds. The Morgan fingerprint density at radius 3 is 2.50 bits per heavy atom. The van der Waals surface area contributed by atoms with E-state index in [0.717, 1.165) is 5.56 Å². The van der Waals surface area contributed by atoms with E-state index in [1.54, 1.807) is 24.3 Å². The van der Waals surface area contributed by atoms with Crippen molar-refractivity contribution < 1.29 is 13.6 Å². The van der Waals surface area contributed by atoms with Crippen LogP contribution >= 0.6 is 0 Å². The molecule has 5 heteroatoms. The van der Waals surface area contributed by atoms with Gasteiger partial charge in [-0.3, -0.25) is 4.79 Å². The smallest absolute Gasteiger partial charge is 0.240 e. The highest BCUT2D eigenvalue weighted by Gasteiger charge is 2.31. The summed E-state index contributed by atoms with van der Waals surface area (Å²) in [6.07, 6.45) is 0.467. The average molecular weight is 300 g/mol. The van der Waals surface area contributed by atoms with Gasteiger partial charge in [0.1, 0.15) is 11.6 Å². The highest BCUT2D eigenvalue weighted by Crippen LogP contribution is 2.32. The van der Waals surface area contributed by atoms with Crippen LogP contribution in [0.25, 0.3) is 0 Å². The van der Waals surface area contributed by atoms with Crippen molar-refractivity contribution in [2.45, 2.75) is 19.4 Å². The van der Waals surface area contributed by atoms with Gasteiger partial charge in [0, 0.05) is 18.9 Å². The molecule has 1 aliphatic heterocycles. The maximum Gasteiger partial charge on any atom is 0.240 e. The van der Waals surface area contributed by atoms with Gasteiger partial charge < -0.3 is 0 Å². The number of carbonyl (C=O) groups is 1. The van der Waals surface area contributed by atoms with E-state index in [4.69, 9.17) is 0 Å². The Kier molecular flexibility index (Phi) is 3.71. The predicted octanol–water partition coefficient (Wildman–Crippen LogP) is 3.66. The molecule has 2 aromatic carbocycles. The fraction of sp³-hybridized carbons (Fsp3) is 0.176. The first-order valence-electron chi connectivity index (χ1n) is 6.93. The van der Waals surface area contributed by atoms with E-state index in [2.05, 4.69) is 5.10 Å². The molecule has 0 saturated heterocycles. The lowest BCUT2D eigenvalue weighted by molar-refractivity contribution is -0.130. The Balaban J connectivity index is 1.94. The minimum absolute atomic E-state index is 0.208. The first kappa shape index (κ1) is 14.4. The first-order chi connectivity index (χ1) is 10.5. The zero-order valence-corrected chi connectivity index (χ0v) is 12.0. The van der Waals surface area contributed by atoms with E-state index in [1.807, 2.05) is 0 Å². The van der Waals surface area contributed by atoms with Crippen LogP contribution in [0.1, 0.15) is 30.5 Å². The highest BCUT2D eigenvalue weighted by atomic mass is 19.1. The van der Waals surface area contributed by atoms with Crippen LogP contribution in [0.4, 0.5) is 8.78 Å². The van der Waals surface area contributed by atoms with Crippen LogP contribution in [0.3, 0.4) is 0 Å². The monoisotopic (exact) mass is 300 g/mol. The van der Waals surface area contributed by atoms with Crippen LogP contribution in [-0.2, 0) is 4.79 Å². The average Bonchev–Trinajstić information content (AvgIpc) is 2.93. The lowest BCUT2D eigenvalue weighted by Gasteiger charge is -2.20. The third-order valence-electron chi connectivity index (χ3n) is 3.65. The summed E-state index contributed by atoms with van der Waals surface area (Å²) in [5.74, 6) is -0.886. The fourth-order valence-electron chi connectivity index (χ4n) is 2.59. The molecule has 0 aromatic heterocycles. The summed E-state index contributed by atoms with van der Waals surface area (Å²) < 4.78 is 26.4. The van der Waals surface area contributed by atoms with Gasteiger partial charge in [0.05, 0.1) is 11.8 Å². The van der Waals surface area contributed by atoms with Gasteiger partial charge in [-0.15, -0.1) is 0 Å². The largest absolute Gasteiger partial charge is 0.273 e. The molecule has 22 heavy (non-hydrogen) atoms. The van der Waals surface area contributed by atoms with Gasteiger partial charge in [0.2, 0.25) is 5.91 Å². The molecule has 3 nitrogen and oxygen atoms in total. The number of benzene rings is 2. The van der Waals surface area contributed by atoms with Crippen molar-refractivity contribution in [1.82, 2.24) is 5.01 Å². The van der Waals surface area contributed by atoms with E-state index in [9.17, 15) is 13.6 Å². The molecule has 0 saturated carbocycles. The number of hydrogen-bond acceptors (Lipinski definition) is 2. The molecule has 0 bridgehead atoms. The Morgan fingerprint density at radius 1 is 1.14 bits per heavy atom. The van der Waals surface area contributed by atoms with Crippen LogP contribution in [0, 0.1) is 11.6 Å². The Bertz CT molecular complexity index is 741. The van der Waals surface area contributed by atoms with Gasteiger partial charge in [-0.25, -0.2) is 13.8 Å². The minimum atomic E-state index is -0.347. The maximum absolute atomic E-state index is 13.4. The zero-order chi connectivity index (χ0) is 15.7. The van der Waals surface area contributed by atoms with E-state index >= 15 is 0 Å². The van der Waals surface area contributed by atoms with Crippen LogP contribution < -0.4 is 0 Å². The normalized spacial score (nSPS) is 17.5. The molecule has 1 heterocycles. The summed E-state index contributed by atoms with van der Waals surface area (Å²) in [4.78, 5) is 11.8. The van der Waals surface area contributed by atoms with E-state index in [1.165, 1.54) is 36.2 Å². The fourth-order valence-corrected chi connectivity index (χ4v) is 2.59. The van der Waals surface area contributed by atoms with Gasteiger partial charge in [-0.1, -0.05) is 24.3 Å². The summed E-state index contributed by atoms with van der Waals surface area (Å²) in [5, 5.41) is 5.69. The molecule has 1 atom stereocenters. The molecule has 112 valence electrons. The van der Waals surface area contributed by atoms with Gasteiger partial charge in [0.25, 0.3) is 0 Å². The molecule has 3 rings (SSSR count). The summed E-state index contributed by atoms with van der Waals surface area (Å²) in [7, 11) is 0. The van der Waals surface area contributed by atoms with Gasteiger partial charge in [0.15, 0.2) is 0 Å². The molecule has 1 aliphatic rings. The standard InChI is InChI=1S/C17H14F2N2O/c1-11(22)21-17(12-5-7-14(18)8-6-12)10-16(20-21)13-3-2-4-15(19)9-13/h2-9,17H,10H2,1H3. The second-order valence-electron chi connectivity index (χ2n) is 5.19. The van der Waals surface area contributed by atoms with Gasteiger partial charge in [-0.2, -0.15) is 5.10 Å². The Hall–Kier alpha value is -2.56. The highest BCUT2D eigenvalue weighted by molar-refractivity contribution is 6.03. The summed E-state index contributed by atoms with van der Waals surface area (Å²) >= 11 is 0. The number of carbonyl (C=O) groups excluding carboxylic acids is 1. The van der Waals surface area contributed by atoms with Crippen molar-refractivity contribution in [1.29, 1.82) is 0 Å². The molecule has 1 unspecified atom stereocenters. The minimum Gasteiger partial charge on any atom is -0.273 e. The summed E-state index contributed by atoms with van der Waals surface area (Å²) in [5.41, 5.74) is 2.09. The van der Waals surface area contributed by atoms with Crippen LogP contribution in [0.15, 0.2) is 53.6 Å². The second-order valence-corrected chi connectivity index (χ2v) is 5.19. The van der Waals surface area contributed by atoms with Gasteiger partial charge >= 0.3 is 0 Å². The number of nitrogens with zero attached hydrogens (tertiary/aromatic N) is 2. The quantitative estimate of drug-likeness (QED) is 0.833. The Morgan fingerprint density at radius 2 is 1.86 bits per heavy atom. The number of amides is 1. The number of halogens is 2. The molecular formula is C17H14F2N2O. The first-order valence-corrected chi connectivity index (χ1v) is 6.93. The molecule has 0 aliphatic carbocycles. The molecule has 0 fully saturated rings.